The first-order chi connectivity index (χ1) is 3.94. The molecule has 9 heavy (non-hydrogen) atoms. The molecule has 0 aliphatic carbocycles. The van der Waals surface area contributed by atoms with E-state index in [1.807, 2.05) is 13.8 Å². The molecule has 0 aliphatic rings. The molecular weight excluding hydrogens is 123 g/mol. The van der Waals surface area contributed by atoms with Gasteiger partial charge in [0.1, 0.15) is 0 Å². The van der Waals surface area contributed by atoms with Gasteiger partial charge in [-0.05, 0) is 13.8 Å². The zero-order valence-corrected chi connectivity index (χ0v) is 6.23. The number of rotatable bonds is 1. The van der Waals surface area contributed by atoms with Crippen molar-refractivity contribution >= 4 is 5.97 Å². The molecule has 0 aromatic rings. The Morgan fingerprint density at radius 1 is 1.44 bits per heavy atom. The molecule has 0 heterocycles. The lowest BCUT2D eigenvalue weighted by molar-refractivity contribution is -0.148. The summed E-state index contributed by atoms with van der Waals surface area (Å²) in [5.74, 6) is -1.42. The highest BCUT2D eigenvalue weighted by atomic mass is 19.1. The highest BCUT2D eigenvalue weighted by Gasteiger charge is 2.24. The third-order valence-electron chi connectivity index (χ3n) is 0.509. The molecule has 0 aliphatic heterocycles. The van der Waals surface area contributed by atoms with Crippen LogP contribution in [0.5, 0.6) is 0 Å². The van der Waals surface area contributed by atoms with E-state index >= 15 is 0 Å². The Hall–Kier alpha value is -0.600. The maximum absolute atomic E-state index is 11.9. The topological polar surface area (TPSA) is 37.3 Å². The van der Waals surface area contributed by atoms with Crippen LogP contribution in [0.3, 0.4) is 0 Å². The first-order valence-corrected chi connectivity index (χ1v) is 2.87. The van der Waals surface area contributed by atoms with Crippen LogP contribution in [0, 0.1) is 0 Å². The highest BCUT2D eigenvalue weighted by Crippen LogP contribution is 2.05. The Bertz CT molecular complexity index is 83.5. The molecule has 0 unspecified atom stereocenters. The summed E-state index contributed by atoms with van der Waals surface area (Å²) in [6, 6.07) is 0. The van der Waals surface area contributed by atoms with E-state index in [9.17, 15) is 9.18 Å². The summed E-state index contributed by atoms with van der Waals surface area (Å²) >= 11 is 0. The van der Waals surface area contributed by atoms with Crippen LogP contribution in [0.2, 0.25) is 0 Å². The molecular formula is C6H13FO2. The van der Waals surface area contributed by atoms with Crippen LogP contribution < -0.4 is 0 Å². The van der Waals surface area contributed by atoms with Gasteiger partial charge in [-0.3, -0.25) is 0 Å². The van der Waals surface area contributed by atoms with Crippen molar-refractivity contribution in [3.63, 3.8) is 0 Å². The van der Waals surface area contributed by atoms with Gasteiger partial charge in [-0.15, -0.1) is 0 Å². The maximum Gasteiger partial charge on any atom is 0.340 e. The van der Waals surface area contributed by atoms with E-state index in [2.05, 4.69) is 0 Å². The lowest BCUT2D eigenvalue weighted by atomic mass is 10.2. The van der Waals surface area contributed by atoms with Gasteiger partial charge < -0.3 is 5.11 Å². The van der Waals surface area contributed by atoms with Gasteiger partial charge in [-0.2, -0.15) is 0 Å². The minimum atomic E-state index is -2.08. The second kappa shape index (κ2) is 4.30. The fourth-order valence-electron chi connectivity index (χ4n) is 0. The molecule has 0 aromatic heterocycles. The molecule has 0 radical (unpaired) electrons. The maximum atomic E-state index is 11.9. The second-order valence-electron chi connectivity index (χ2n) is 1.78. The van der Waals surface area contributed by atoms with Crippen molar-refractivity contribution in [3.8, 4) is 0 Å². The van der Waals surface area contributed by atoms with Gasteiger partial charge in [-0.25, -0.2) is 9.18 Å². The van der Waals surface area contributed by atoms with Gasteiger partial charge in [0.2, 0.25) is 5.67 Å². The Morgan fingerprint density at radius 3 is 1.56 bits per heavy atom. The van der Waals surface area contributed by atoms with Gasteiger partial charge in [0.25, 0.3) is 0 Å². The molecule has 56 valence electrons. The third kappa shape index (κ3) is 7.40. The molecule has 0 rings (SSSR count). The lowest BCUT2D eigenvalue weighted by Crippen LogP contribution is -2.24. The van der Waals surface area contributed by atoms with Gasteiger partial charge in [0, 0.05) is 0 Å². The summed E-state index contributed by atoms with van der Waals surface area (Å²) in [7, 11) is 0. The smallest absolute Gasteiger partial charge is 0.340 e. The molecule has 2 nitrogen and oxygen atoms in total. The molecule has 0 saturated carbocycles. The molecule has 0 amide bonds. The van der Waals surface area contributed by atoms with Gasteiger partial charge >= 0.3 is 5.97 Å². The molecule has 0 saturated heterocycles. The number of hydrogen-bond donors (Lipinski definition) is 1. The fraction of sp³-hybridized carbons (Fsp3) is 0.833. The molecule has 0 atom stereocenters. The van der Waals surface area contributed by atoms with Crippen molar-refractivity contribution in [2.45, 2.75) is 33.4 Å². The normalized spacial score (nSPS) is 9.44. The Balaban J connectivity index is 0. The van der Waals surface area contributed by atoms with Crippen LogP contribution in [0.1, 0.15) is 27.7 Å². The van der Waals surface area contributed by atoms with Gasteiger partial charge in [0.15, 0.2) is 0 Å². The van der Waals surface area contributed by atoms with Crippen LogP contribution in [0.25, 0.3) is 0 Å². The zero-order valence-electron chi connectivity index (χ0n) is 6.23. The van der Waals surface area contributed by atoms with E-state index in [0.717, 1.165) is 13.8 Å². The van der Waals surface area contributed by atoms with Crippen molar-refractivity contribution in [3.05, 3.63) is 0 Å². The third-order valence-corrected chi connectivity index (χ3v) is 0.509. The number of alkyl halides is 1. The standard InChI is InChI=1S/C4H7FO2.C2H6/c1-4(2,5)3(6)7;1-2/h1-2H3,(H,6,7);1-2H3. The van der Waals surface area contributed by atoms with E-state index in [4.69, 9.17) is 5.11 Å². The monoisotopic (exact) mass is 136 g/mol. The minimum Gasteiger partial charge on any atom is -0.479 e. The Morgan fingerprint density at radius 2 is 1.56 bits per heavy atom. The van der Waals surface area contributed by atoms with Crippen molar-refractivity contribution in [2.75, 3.05) is 0 Å². The summed E-state index contributed by atoms with van der Waals surface area (Å²) in [5.41, 5.74) is -2.08. The summed E-state index contributed by atoms with van der Waals surface area (Å²) in [6.45, 7) is 5.99. The summed E-state index contributed by atoms with van der Waals surface area (Å²) in [5, 5.41) is 7.88. The van der Waals surface area contributed by atoms with Gasteiger partial charge in [0.05, 0.1) is 0 Å². The second-order valence-corrected chi connectivity index (χ2v) is 1.78. The Labute approximate surface area is 54.7 Å². The average molecular weight is 136 g/mol. The van der Waals surface area contributed by atoms with E-state index in [1.165, 1.54) is 0 Å². The number of halogens is 1. The van der Waals surface area contributed by atoms with Crippen LogP contribution in [0.15, 0.2) is 0 Å². The number of carboxylic acid groups (broad SMARTS) is 1. The zero-order chi connectivity index (χ0) is 8.08. The SMILES string of the molecule is CC.CC(C)(F)C(=O)O. The predicted octanol–water partition coefficient (Wildman–Crippen LogP) is 1.85. The quantitative estimate of drug-likeness (QED) is 0.597. The van der Waals surface area contributed by atoms with Crippen molar-refractivity contribution in [1.29, 1.82) is 0 Å². The fourth-order valence-corrected chi connectivity index (χ4v) is 0. The summed E-state index contributed by atoms with van der Waals surface area (Å²) < 4.78 is 11.9. The van der Waals surface area contributed by atoms with E-state index in [0.29, 0.717) is 0 Å². The molecule has 0 aromatic carbocycles. The van der Waals surface area contributed by atoms with Crippen LogP contribution in [-0.2, 0) is 4.79 Å². The number of carboxylic acids is 1. The summed E-state index contributed by atoms with van der Waals surface area (Å²) in [4.78, 5) is 9.65. The van der Waals surface area contributed by atoms with Crippen LogP contribution in [0.4, 0.5) is 4.39 Å². The van der Waals surface area contributed by atoms with Crippen LogP contribution >= 0.6 is 0 Å². The molecule has 1 N–H and O–H groups in total. The molecule has 0 bridgehead atoms. The summed E-state index contributed by atoms with van der Waals surface area (Å²) in [6.07, 6.45) is 0. The minimum absolute atomic E-state index is 0.995. The van der Waals surface area contributed by atoms with Gasteiger partial charge in [-0.1, -0.05) is 13.8 Å². The lowest BCUT2D eigenvalue weighted by Gasteiger charge is -2.03. The van der Waals surface area contributed by atoms with Crippen molar-refractivity contribution in [2.24, 2.45) is 0 Å². The van der Waals surface area contributed by atoms with E-state index in [1.54, 1.807) is 0 Å². The molecule has 0 spiro atoms. The first kappa shape index (κ1) is 11.2. The largest absolute Gasteiger partial charge is 0.479 e. The predicted molar refractivity (Wildman–Crippen MR) is 34.2 cm³/mol. The van der Waals surface area contributed by atoms with Crippen molar-refractivity contribution in [1.82, 2.24) is 0 Å². The van der Waals surface area contributed by atoms with E-state index in [-0.39, 0.29) is 0 Å². The first-order valence-electron chi connectivity index (χ1n) is 2.87. The number of carbonyl (C=O) groups is 1. The Kier molecular flexibility index (Phi) is 5.36. The van der Waals surface area contributed by atoms with E-state index < -0.39 is 11.6 Å². The molecule has 3 heteroatoms. The number of aliphatic carboxylic acids is 1. The number of hydrogen-bond acceptors (Lipinski definition) is 1. The molecule has 0 fully saturated rings. The highest BCUT2D eigenvalue weighted by molar-refractivity contribution is 5.75. The van der Waals surface area contributed by atoms with Crippen LogP contribution in [-0.4, -0.2) is 16.7 Å². The average Bonchev–Trinajstić information content (AvgIpc) is 1.69. The van der Waals surface area contributed by atoms with Crippen molar-refractivity contribution < 1.29 is 14.3 Å².